The first-order valence-electron chi connectivity index (χ1n) is 8.54. The van der Waals surface area contributed by atoms with Crippen molar-refractivity contribution in [3.05, 3.63) is 35.2 Å². The van der Waals surface area contributed by atoms with Gasteiger partial charge in [-0.05, 0) is 25.0 Å². The number of carbonyl (C=O) groups excluding carboxylic acids is 1. The molecule has 25 heavy (non-hydrogen) atoms. The zero-order valence-electron chi connectivity index (χ0n) is 14.7. The maximum Gasteiger partial charge on any atom is 0.320 e. The molecule has 0 unspecified atom stereocenters. The van der Waals surface area contributed by atoms with E-state index in [9.17, 15) is 4.79 Å². The number of aromatic nitrogens is 3. The molecule has 0 aromatic carbocycles. The van der Waals surface area contributed by atoms with Crippen LogP contribution in [-0.2, 0) is 17.8 Å². The maximum absolute atomic E-state index is 12.1. The van der Waals surface area contributed by atoms with Gasteiger partial charge in [0.1, 0.15) is 11.6 Å². The van der Waals surface area contributed by atoms with Crippen LogP contribution in [0.25, 0.3) is 0 Å². The molecule has 1 aliphatic heterocycles. The number of fused-ring (bicyclic) bond motifs is 1. The minimum atomic E-state index is 0.0996. The molecule has 7 heteroatoms. The van der Waals surface area contributed by atoms with E-state index in [-0.39, 0.29) is 18.2 Å². The molecule has 1 aliphatic rings. The highest BCUT2D eigenvalue weighted by molar-refractivity contribution is 5.91. The van der Waals surface area contributed by atoms with Gasteiger partial charge in [0.05, 0.1) is 13.2 Å². The number of aryl methyl sites for hydroxylation is 1. The van der Waals surface area contributed by atoms with Gasteiger partial charge in [-0.1, -0.05) is 19.4 Å². The Labute approximate surface area is 147 Å². The fourth-order valence-corrected chi connectivity index (χ4v) is 2.76. The number of unbranched alkanes of at least 4 members (excludes halogenated alkanes) is 1. The minimum Gasteiger partial charge on any atom is -0.463 e. The highest BCUT2D eigenvalue weighted by atomic mass is 16.5. The van der Waals surface area contributed by atoms with E-state index in [4.69, 9.17) is 10.5 Å². The van der Waals surface area contributed by atoms with Crippen LogP contribution in [0, 0.1) is 6.92 Å². The topological polar surface area (TPSA) is 94.2 Å². The Hall–Kier alpha value is -2.70. The lowest BCUT2D eigenvalue weighted by Crippen LogP contribution is -2.36. The zero-order valence-corrected chi connectivity index (χ0v) is 14.7. The monoisotopic (exact) mass is 341 g/mol. The van der Waals surface area contributed by atoms with Crippen LogP contribution >= 0.6 is 0 Å². The van der Waals surface area contributed by atoms with Crippen LogP contribution in [0.2, 0.25) is 0 Å². The van der Waals surface area contributed by atoms with E-state index < -0.39 is 0 Å². The van der Waals surface area contributed by atoms with Gasteiger partial charge < -0.3 is 15.4 Å². The van der Waals surface area contributed by atoms with E-state index in [1.807, 2.05) is 30.2 Å². The third kappa shape index (κ3) is 4.04. The molecule has 0 saturated carbocycles. The van der Waals surface area contributed by atoms with Crippen molar-refractivity contribution in [1.29, 1.82) is 0 Å². The molecule has 0 amide bonds. The summed E-state index contributed by atoms with van der Waals surface area (Å²) in [5.41, 5.74) is 8.71. The summed E-state index contributed by atoms with van der Waals surface area (Å²) in [5.74, 6) is 1.10. The highest BCUT2D eigenvalue weighted by Crippen LogP contribution is 2.30. The summed E-state index contributed by atoms with van der Waals surface area (Å²) < 4.78 is 5.61. The second-order valence-electron chi connectivity index (χ2n) is 6.27. The molecule has 2 N–H and O–H groups in total. The molecule has 132 valence electrons. The number of ketones is 1. The summed E-state index contributed by atoms with van der Waals surface area (Å²) in [6.07, 6.45) is 4.04. The molecule has 0 atom stereocenters. The number of nitrogen functional groups attached to an aromatic ring is 1. The number of pyridine rings is 1. The number of carbonyl (C=O) groups is 1. The quantitative estimate of drug-likeness (QED) is 0.804. The number of hydrogen-bond acceptors (Lipinski definition) is 7. The first kappa shape index (κ1) is 17.1. The summed E-state index contributed by atoms with van der Waals surface area (Å²) in [4.78, 5) is 27.1. The molecular formula is C18H23N5O2. The number of ether oxygens (including phenoxy) is 1. The van der Waals surface area contributed by atoms with Crippen molar-refractivity contribution >= 4 is 17.4 Å². The number of anilines is 2. The lowest BCUT2D eigenvalue weighted by molar-refractivity contribution is -0.117. The summed E-state index contributed by atoms with van der Waals surface area (Å²) in [6.45, 7) is 5.42. The van der Waals surface area contributed by atoms with Crippen molar-refractivity contribution < 1.29 is 9.53 Å². The molecule has 2 aromatic rings. The van der Waals surface area contributed by atoms with Crippen molar-refractivity contribution in [2.75, 3.05) is 23.8 Å². The average molecular weight is 341 g/mol. The van der Waals surface area contributed by atoms with Gasteiger partial charge in [-0.15, -0.1) is 0 Å². The van der Waals surface area contributed by atoms with E-state index >= 15 is 0 Å². The van der Waals surface area contributed by atoms with Gasteiger partial charge in [-0.2, -0.15) is 9.97 Å². The van der Waals surface area contributed by atoms with Crippen LogP contribution in [0.15, 0.2) is 18.3 Å². The van der Waals surface area contributed by atoms with Crippen molar-refractivity contribution in [3.8, 4) is 6.01 Å². The number of rotatable bonds is 6. The Kier molecular flexibility index (Phi) is 5.11. The second-order valence-corrected chi connectivity index (χ2v) is 6.27. The standard InChI is InChI=1S/C18H23N5O2/c1-3-4-7-25-18-21-16(19)15-8-14(24)11-23(17(15)22-18)10-13-6-5-12(2)20-9-13/h5-6,9H,3-4,7-8,10-11H2,1-2H3,(H2,19,21,22). The van der Waals surface area contributed by atoms with E-state index in [1.165, 1.54) is 0 Å². The van der Waals surface area contributed by atoms with Crippen LogP contribution in [0.3, 0.4) is 0 Å². The Morgan fingerprint density at radius 1 is 1.32 bits per heavy atom. The van der Waals surface area contributed by atoms with Gasteiger partial charge in [-0.25, -0.2) is 0 Å². The van der Waals surface area contributed by atoms with Crippen LogP contribution in [0.4, 0.5) is 11.6 Å². The third-order valence-corrected chi connectivity index (χ3v) is 4.11. The summed E-state index contributed by atoms with van der Waals surface area (Å²) in [5, 5.41) is 0. The molecule has 0 spiro atoms. The molecule has 3 heterocycles. The SMILES string of the molecule is CCCCOc1nc(N)c2c(n1)N(Cc1ccc(C)nc1)CC(=O)C2. The molecule has 7 nitrogen and oxygen atoms in total. The fourth-order valence-electron chi connectivity index (χ4n) is 2.76. The third-order valence-electron chi connectivity index (χ3n) is 4.11. The summed E-state index contributed by atoms with van der Waals surface area (Å²) in [6, 6.07) is 4.23. The van der Waals surface area contributed by atoms with E-state index in [0.717, 1.165) is 24.1 Å². The smallest absolute Gasteiger partial charge is 0.320 e. The first-order chi connectivity index (χ1) is 12.1. The van der Waals surface area contributed by atoms with Crippen LogP contribution in [-0.4, -0.2) is 33.9 Å². The van der Waals surface area contributed by atoms with E-state index in [1.54, 1.807) is 0 Å². The van der Waals surface area contributed by atoms with Crippen LogP contribution in [0.5, 0.6) is 6.01 Å². The van der Waals surface area contributed by atoms with Gasteiger partial charge in [0, 0.05) is 30.4 Å². The van der Waals surface area contributed by atoms with Gasteiger partial charge in [0.25, 0.3) is 0 Å². The Balaban J connectivity index is 1.88. The molecule has 0 aliphatic carbocycles. The zero-order chi connectivity index (χ0) is 17.8. The molecule has 0 radical (unpaired) electrons. The summed E-state index contributed by atoms with van der Waals surface area (Å²) >= 11 is 0. The van der Waals surface area contributed by atoms with E-state index in [0.29, 0.717) is 36.9 Å². The van der Waals surface area contributed by atoms with Gasteiger partial charge >= 0.3 is 6.01 Å². The predicted octanol–water partition coefficient (Wildman–Crippen LogP) is 2.07. The lowest BCUT2D eigenvalue weighted by Gasteiger charge is -2.29. The maximum atomic E-state index is 12.1. The van der Waals surface area contributed by atoms with Crippen molar-refractivity contribution in [2.45, 2.75) is 39.7 Å². The Morgan fingerprint density at radius 2 is 2.16 bits per heavy atom. The molecule has 0 fully saturated rings. The van der Waals surface area contributed by atoms with Gasteiger partial charge in [0.15, 0.2) is 5.78 Å². The highest BCUT2D eigenvalue weighted by Gasteiger charge is 2.27. The van der Waals surface area contributed by atoms with Crippen LogP contribution < -0.4 is 15.4 Å². The van der Waals surface area contributed by atoms with Crippen molar-refractivity contribution in [2.24, 2.45) is 0 Å². The number of nitrogens with zero attached hydrogens (tertiary/aromatic N) is 4. The molecule has 0 saturated heterocycles. The molecule has 2 aromatic heterocycles. The van der Waals surface area contributed by atoms with Crippen molar-refractivity contribution in [3.63, 3.8) is 0 Å². The van der Waals surface area contributed by atoms with Crippen molar-refractivity contribution in [1.82, 2.24) is 15.0 Å². The van der Waals surface area contributed by atoms with Gasteiger partial charge in [-0.3, -0.25) is 9.78 Å². The Morgan fingerprint density at radius 3 is 2.88 bits per heavy atom. The fraction of sp³-hybridized carbons (Fsp3) is 0.444. The number of nitrogens with two attached hydrogens (primary N) is 1. The Bertz CT molecular complexity index is 761. The molecule has 0 bridgehead atoms. The normalized spacial score (nSPS) is 13.7. The average Bonchev–Trinajstić information content (AvgIpc) is 2.58. The number of Topliss-reactive ketones (excluding diaryl/α,β-unsaturated/α-hetero) is 1. The largest absolute Gasteiger partial charge is 0.463 e. The second kappa shape index (κ2) is 7.46. The van der Waals surface area contributed by atoms with E-state index in [2.05, 4.69) is 21.9 Å². The molecule has 3 rings (SSSR count). The first-order valence-corrected chi connectivity index (χ1v) is 8.54. The van der Waals surface area contributed by atoms with Crippen LogP contribution in [0.1, 0.15) is 36.6 Å². The van der Waals surface area contributed by atoms with Gasteiger partial charge in [0.2, 0.25) is 0 Å². The number of hydrogen-bond donors (Lipinski definition) is 1. The lowest BCUT2D eigenvalue weighted by atomic mass is 10.0. The summed E-state index contributed by atoms with van der Waals surface area (Å²) in [7, 11) is 0. The minimum absolute atomic E-state index is 0.0996. The predicted molar refractivity (Wildman–Crippen MR) is 95.6 cm³/mol. The molecular weight excluding hydrogens is 318 g/mol.